The second kappa shape index (κ2) is 4.85. The molecule has 3 rings (SSSR count). The number of fused-ring (bicyclic) bond motifs is 2. The Kier molecular flexibility index (Phi) is 3.19. The van der Waals surface area contributed by atoms with E-state index in [-0.39, 0.29) is 10.6 Å². The molecular formula is C14H15ClN2O2. The van der Waals surface area contributed by atoms with Gasteiger partial charge >= 0.3 is 0 Å². The normalized spacial score (nSPS) is 27.7. The van der Waals surface area contributed by atoms with Crippen molar-refractivity contribution in [3.05, 3.63) is 45.5 Å². The molecule has 0 aromatic heterocycles. The van der Waals surface area contributed by atoms with E-state index in [4.69, 9.17) is 11.6 Å². The molecule has 1 saturated carbocycles. The molecule has 2 aliphatic rings. The van der Waals surface area contributed by atoms with Gasteiger partial charge in [0.05, 0.1) is 4.92 Å². The zero-order chi connectivity index (χ0) is 13.4. The van der Waals surface area contributed by atoms with Crippen LogP contribution in [0.25, 0.3) is 0 Å². The molecule has 5 heteroatoms. The van der Waals surface area contributed by atoms with Crippen LogP contribution in [0.5, 0.6) is 0 Å². The Morgan fingerprint density at radius 3 is 2.84 bits per heavy atom. The topological polar surface area (TPSA) is 55.2 Å². The van der Waals surface area contributed by atoms with Crippen LogP contribution in [0, 0.1) is 27.9 Å². The maximum absolute atomic E-state index is 11.0. The lowest BCUT2D eigenvalue weighted by molar-refractivity contribution is -0.384. The Bertz CT molecular complexity index is 544. The highest BCUT2D eigenvalue weighted by atomic mass is 35.5. The van der Waals surface area contributed by atoms with Crippen molar-refractivity contribution in [1.82, 2.24) is 0 Å². The molecule has 1 aromatic rings. The number of rotatable bonds is 4. The first kappa shape index (κ1) is 12.5. The Morgan fingerprint density at radius 2 is 2.21 bits per heavy atom. The quantitative estimate of drug-likeness (QED) is 0.517. The molecule has 0 aliphatic heterocycles. The molecule has 3 unspecified atom stereocenters. The molecule has 0 heterocycles. The number of benzene rings is 1. The molecule has 4 nitrogen and oxygen atoms in total. The Labute approximate surface area is 116 Å². The van der Waals surface area contributed by atoms with E-state index in [1.54, 1.807) is 12.1 Å². The monoisotopic (exact) mass is 278 g/mol. The van der Waals surface area contributed by atoms with Crippen molar-refractivity contribution in [3.63, 3.8) is 0 Å². The fraction of sp³-hybridized carbons (Fsp3) is 0.429. The number of hydrogen-bond donors (Lipinski definition) is 1. The fourth-order valence-electron chi connectivity index (χ4n) is 3.18. The van der Waals surface area contributed by atoms with Gasteiger partial charge in [-0.25, -0.2) is 0 Å². The highest BCUT2D eigenvalue weighted by molar-refractivity contribution is 6.31. The van der Waals surface area contributed by atoms with Crippen LogP contribution in [0.1, 0.15) is 12.8 Å². The van der Waals surface area contributed by atoms with Crippen molar-refractivity contribution in [3.8, 4) is 0 Å². The van der Waals surface area contributed by atoms with Crippen molar-refractivity contribution in [2.24, 2.45) is 17.8 Å². The molecule has 0 saturated heterocycles. The maximum atomic E-state index is 11.0. The summed E-state index contributed by atoms with van der Waals surface area (Å²) < 4.78 is 0. The lowest BCUT2D eigenvalue weighted by Gasteiger charge is -2.19. The van der Waals surface area contributed by atoms with Crippen LogP contribution in [0.15, 0.2) is 30.4 Å². The molecule has 1 aromatic carbocycles. The highest BCUT2D eigenvalue weighted by Gasteiger charge is 2.35. The van der Waals surface area contributed by atoms with E-state index in [9.17, 15) is 10.1 Å². The van der Waals surface area contributed by atoms with Crippen LogP contribution in [0.2, 0.25) is 5.02 Å². The smallest absolute Gasteiger partial charge is 0.292 e. The van der Waals surface area contributed by atoms with Gasteiger partial charge in [0.15, 0.2) is 0 Å². The van der Waals surface area contributed by atoms with Gasteiger partial charge in [0.2, 0.25) is 0 Å². The van der Waals surface area contributed by atoms with Gasteiger partial charge in [-0.05, 0) is 42.7 Å². The number of halogens is 1. The maximum Gasteiger partial charge on any atom is 0.292 e. The lowest BCUT2D eigenvalue weighted by atomic mass is 9.93. The largest absolute Gasteiger partial charge is 0.379 e. The summed E-state index contributed by atoms with van der Waals surface area (Å²) in [7, 11) is 0. The van der Waals surface area contributed by atoms with Gasteiger partial charge < -0.3 is 5.32 Å². The number of nitrogens with one attached hydrogen (secondary N) is 1. The van der Waals surface area contributed by atoms with Gasteiger partial charge in [-0.1, -0.05) is 23.8 Å². The molecular weight excluding hydrogens is 264 g/mol. The van der Waals surface area contributed by atoms with E-state index in [1.807, 2.05) is 0 Å². The summed E-state index contributed by atoms with van der Waals surface area (Å²) in [5.74, 6) is 1.93. The van der Waals surface area contributed by atoms with Crippen LogP contribution in [0.3, 0.4) is 0 Å². The summed E-state index contributed by atoms with van der Waals surface area (Å²) in [6.45, 7) is 0.771. The third kappa shape index (κ3) is 2.45. The molecule has 0 radical (unpaired) electrons. The van der Waals surface area contributed by atoms with E-state index in [2.05, 4.69) is 17.5 Å². The first-order chi connectivity index (χ1) is 9.13. The fourth-order valence-corrected chi connectivity index (χ4v) is 3.35. The zero-order valence-corrected chi connectivity index (χ0v) is 11.1. The van der Waals surface area contributed by atoms with E-state index in [0.717, 1.165) is 6.54 Å². The molecule has 2 aliphatic carbocycles. The third-order valence-electron chi connectivity index (χ3n) is 4.13. The number of hydrogen-bond acceptors (Lipinski definition) is 3. The Morgan fingerprint density at radius 1 is 1.37 bits per heavy atom. The predicted octanol–water partition coefficient (Wildman–Crippen LogP) is 3.87. The molecule has 19 heavy (non-hydrogen) atoms. The van der Waals surface area contributed by atoms with Crippen LogP contribution in [-0.4, -0.2) is 11.5 Å². The summed E-state index contributed by atoms with van der Waals surface area (Å²) >= 11 is 5.91. The highest BCUT2D eigenvalue weighted by Crippen LogP contribution is 2.43. The summed E-state index contributed by atoms with van der Waals surface area (Å²) in [5.41, 5.74) is 0.604. The van der Waals surface area contributed by atoms with Crippen LogP contribution in [0.4, 0.5) is 11.4 Å². The number of allylic oxidation sites excluding steroid dienone is 2. The van der Waals surface area contributed by atoms with Crippen molar-refractivity contribution >= 4 is 23.0 Å². The van der Waals surface area contributed by atoms with Crippen molar-refractivity contribution < 1.29 is 4.92 Å². The Hall–Kier alpha value is -1.55. The van der Waals surface area contributed by atoms with Crippen LogP contribution in [-0.2, 0) is 0 Å². The predicted molar refractivity (Wildman–Crippen MR) is 75.4 cm³/mol. The van der Waals surface area contributed by atoms with E-state index >= 15 is 0 Å². The van der Waals surface area contributed by atoms with Crippen LogP contribution >= 0.6 is 11.6 Å². The van der Waals surface area contributed by atoms with Crippen molar-refractivity contribution in [1.29, 1.82) is 0 Å². The van der Waals surface area contributed by atoms with Crippen LogP contribution < -0.4 is 5.32 Å². The molecule has 1 fully saturated rings. The van der Waals surface area contributed by atoms with Crippen molar-refractivity contribution in [2.45, 2.75) is 12.8 Å². The minimum absolute atomic E-state index is 0.0862. The van der Waals surface area contributed by atoms with Gasteiger partial charge in [-0.3, -0.25) is 10.1 Å². The SMILES string of the molecule is O=[N+]([O-])c1ccc(Cl)cc1NCC1CC2C=CC1C2. The molecule has 0 amide bonds. The van der Waals surface area contributed by atoms with Gasteiger partial charge in [-0.2, -0.15) is 0 Å². The molecule has 2 bridgehead atoms. The minimum atomic E-state index is -0.376. The van der Waals surface area contributed by atoms with E-state index < -0.39 is 0 Å². The molecule has 0 spiro atoms. The van der Waals surface area contributed by atoms with E-state index in [0.29, 0.717) is 28.5 Å². The number of nitrogens with zero attached hydrogens (tertiary/aromatic N) is 1. The second-order valence-corrected chi connectivity index (χ2v) is 5.78. The van der Waals surface area contributed by atoms with E-state index in [1.165, 1.54) is 18.9 Å². The van der Waals surface area contributed by atoms with Gasteiger partial charge in [0.1, 0.15) is 5.69 Å². The first-order valence-corrected chi connectivity index (χ1v) is 6.87. The number of nitro benzene ring substituents is 1. The first-order valence-electron chi connectivity index (χ1n) is 6.49. The molecule has 100 valence electrons. The summed E-state index contributed by atoms with van der Waals surface area (Å²) in [5, 5.41) is 14.7. The summed E-state index contributed by atoms with van der Waals surface area (Å²) in [6.07, 6.45) is 7.00. The summed E-state index contributed by atoms with van der Waals surface area (Å²) in [4.78, 5) is 10.6. The van der Waals surface area contributed by atoms with Gasteiger partial charge in [-0.15, -0.1) is 0 Å². The second-order valence-electron chi connectivity index (χ2n) is 5.34. The Balaban J connectivity index is 1.71. The summed E-state index contributed by atoms with van der Waals surface area (Å²) in [6, 6.07) is 4.62. The average Bonchev–Trinajstić information content (AvgIpc) is 2.98. The lowest BCUT2D eigenvalue weighted by Crippen LogP contribution is -2.18. The zero-order valence-electron chi connectivity index (χ0n) is 10.4. The average molecular weight is 279 g/mol. The minimum Gasteiger partial charge on any atom is -0.379 e. The van der Waals surface area contributed by atoms with Crippen molar-refractivity contribution in [2.75, 3.05) is 11.9 Å². The number of anilines is 1. The van der Waals surface area contributed by atoms with Gasteiger partial charge in [0.25, 0.3) is 5.69 Å². The molecule has 1 N–H and O–H groups in total. The third-order valence-corrected chi connectivity index (χ3v) is 4.36. The molecule has 3 atom stereocenters. The van der Waals surface area contributed by atoms with Gasteiger partial charge in [0, 0.05) is 17.6 Å². The number of nitro groups is 1. The standard InChI is InChI=1S/C14H15ClN2O2/c15-12-3-4-14(17(18)19)13(7-12)16-8-11-6-9-1-2-10(11)5-9/h1-4,7,9-11,16H,5-6,8H2.